The first-order chi connectivity index (χ1) is 8.26. The SMILES string of the molecule is C=CCCC(=O)Nc1ccc(OCCN)cc1. The van der Waals surface area contributed by atoms with Crippen molar-refractivity contribution in [2.45, 2.75) is 12.8 Å². The number of hydrogen-bond donors (Lipinski definition) is 2. The van der Waals surface area contributed by atoms with E-state index in [9.17, 15) is 4.79 Å². The van der Waals surface area contributed by atoms with Gasteiger partial charge in [0, 0.05) is 18.7 Å². The molecule has 0 aliphatic carbocycles. The monoisotopic (exact) mass is 234 g/mol. The summed E-state index contributed by atoms with van der Waals surface area (Å²) in [7, 11) is 0. The molecule has 0 atom stereocenters. The number of carbonyl (C=O) groups excluding carboxylic acids is 1. The molecule has 0 heterocycles. The second kappa shape index (κ2) is 7.46. The molecule has 4 nitrogen and oxygen atoms in total. The number of nitrogens with one attached hydrogen (secondary N) is 1. The fraction of sp³-hybridized carbons (Fsp3) is 0.308. The number of benzene rings is 1. The highest BCUT2D eigenvalue weighted by Crippen LogP contribution is 2.15. The van der Waals surface area contributed by atoms with E-state index in [0.717, 1.165) is 11.4 Å². The van der Waals surface area contributed by atoms with E-state index in [1.54, 1.807) is 30.3 Å². The molecule has 0 aliphatic rings. The molecule has 0 saturated heterocycles. The molecule has 1 aromatic rings. The van der Waals surface area contributed by atoms with E-state index in [1.807, 2.05) is 0 Å². The zero-order chi connectivity index (χ0) is 12.5. The molecule has 3 N–H and O–H groups in total. The van der Waals surface area contributed by atoms with Gasteiger partial charge in [-0.3, -0.25) is 4.79 Å². The van der Waals surface area contributed by atoms with E-state index in [1.165, 1.54) is 0 Å². The van der Waals surface area contributed by atoms with Crippen molar-refractivity contribution in [3.8, 4) is 5.75 Å². The second-order valence-corrected chi connectivity index (χ2v) is 3.54. The van der Waals surface area contributed by atoms with Gasteiger partial charge in [-0.2, -0.15) is 0 Å². The number of rotatable bonds is 7. The number of anilines is 1. The normalized spacial score (nSPS) is 9.71. The molecule has 0 bridgehead atoms. The Morgan fingerprint density at radius 1 is 1.41 bits per heavy atom. The summed E-state index contributed by atoms with van der Waals surface area (Å²) in [4.78, 5) is 11.4. The quantitative estimate of drug-likeness (QED) is 0.708. The molecule has 1 amide bonds. The molecule has 0 aliphatic heterocycles. The lowest BCUT2D eigenvalue weighted by atomic mass is 10.2. The number of ether oxygens (including phenoxy) is 1. The summed E-state index contributed by atoms with van der Waals surface area (Å²) in [6.07, 6.45) is 2.86. The third-order valence-corrected chi connectivity index (χ3v) is 2.10. The van der Waals surface area contributed by atoms with Crippen molar-refractivity contribution in [2.75, 3.05) is 18.5 Å². The molecule has 0 fully saturated rings. The summed E-state index contributed by atoms with van der Waals surface area (Å²) in [5, 5.41) is 2.79. The molecule has 0 saturated carbocycles. The van der Waals surface area contributed by atoms with Crippen LogP contribution >= 0.6 is 0 Å². The molecule has 0 spiro atoms. The molecular weight excluding hydrogens is 216 g/mol. The van der Waals surface area contributed by atoms with Crippen LogP contribution in [0.4, 0.5) is 5.69 Å². The van der Waals surface area contributed by atoms with Crippen molar-refractivity contribution in [1.82, 2.24) is 0 Å². The fourth-order valence-corrected chi connectivity index (χ4v) is 1.27. The van der Waals surface area contributed by atoms with Gasteiger partial charge >= 0.3 is 0 Å². The predicted octanol–water partition coefficient (Wildman–Crippen LogP) is 1.93. The van der Waals surface area contributed by atoms with Crippen molar-refractivity contribution in [3.05, 3.63) is 36.9 Å². The van der Waals surface area contributed by atoms with Gasteiger partial charge in [0.15, 0.2) is 0 Å². The Bertz CT molecular complexity index is 360. The van der Waals surface area contributed by atoms with E-state index >= 15 is 0 Å². The maximum absolute atomic E-state index is 11.4. The molecule has 92 valence electrons. The first kappa shape index (κ1) is 13.3. The van der Waals surface area contributed by atoms with Gasteiger partial charge in [0.1, 0.15) is 12.4 Å². The Morgan fingerprint density at radius 3 is 2.71 bits per heavy atom. The van der Waals surface area contributed by atoms with Crippen LogP contribution in [0, 0.1) is 0 Å². The highest BCUT2D eigenvalue weighted by molar-refractivity contribution is 5.90. The van der Waals surface area contributed by atoms with Gasteiger partial charge in [-0.25, -0.2) is 0 Å². The highest BCUT2D eigenvalue weighted by Gasteiger charge is 2.01. The molecule has 1 aromatic carbocycles. The third-order valence-electron chi connectivity index (χ3n) is 2.10. The molecule has 4 heteroatoms. The van der Waals surface area contributed by atoms with Crippen LogP contribution in [0.25, 0.3) is 0 Å². The Balaban J connectivity index is 2.44. The van der Waals surface area contributed by atoms with Crippen LogP contribution in [0.3, 0.4) is 0 Å². The Kier molecular flexibility index (Phi) is 5.82. The zero-order valence-electron chi connectivity index (χ0n) is 9.82. The van der Waals surface area contributed by atoms with Crippen LogP contribution < -0.4 is 15.8 Å². The summed E-state index contributed by atoms with van der Waals surface area (Å²) in [5.41, 5.74) is 6.09. The second-order valence-electron chi connectivity index (χ2n) is 3.54. The van der Waals surface area contributed by atoms with Crippen molar-refractivity contribution >= 4 is 11.6 Å². The summed E-state index contributed by atoms with van der Waals surface area (Å²) >= 11 is 0. The molecule has 0 radical (unpaired) electrons. The number of hydrogen-bond acceptors (Lipinski definition) is 3. The van der Waals surface area contributed by atoms with E-state index in [0.29, 0.717) is 26.0 Å². The van der Waals surface area contributed by atoms with E-state index in [2.05, 4.69) is 11.9 Å². The number of nitrogens with two attached hydrogens (primary N) is 1. The topological polar surface area (TPSA) is 64.3 Å². The van der Waals surface area contributed by atoms with Crippen molar-refractivity contribution in [2.24, 2.45) is 5.73 Å². The lowest BCUT2D eigenvalue weighted by molar-refractivity contribution is -0.116. The summed E-state index contributed by atoms with van der Waals surface area (Å²) < 4.78 is 5.33. The lowest BCUT2D eigenvalue weighted by Gasteiger charge is -2.07. The summed E-state index contributed by atoms with van der Waals surface area (Å²) in [5.74, 6) is 0.736. The minimum absolute atomic E-state index is 0.0134. The molecule has 1 rings (SSSR count). The molecular formula is C13H18N2O2. The van der Waals surface area contributed by atoms with Gasteiger partial charge in [0.25, 0.3) is 0 Å². The molecule has 0 aromatic heterocycles. The maximum Gasteiger partial charge on any atom is 0.224 e. The first-order valence-electron chi connectivity index (χ1n) is 5.60. The maximum atomic E-state index is 11.4. The average Bonchev–Trinajstić information content (AvgIpc) is 2.35. The smallest absolute Gasteiger partial charge is 0.224 e. The van der Waals surface area contributed by atoms with Crippen LogP contribution in [-0.4, -0.2) is 19.1 Å². The summed E-state index contributed by atoms with van der Waals surface area (Å²) in [6, 6.07) is 7.22. The number of amides is 1. The van der Waals surface area contributed by atoms with Gasteiger partial charge in [-0.05, 0) is 30.7 Å². The molecule has 0 unspecified atom stereocenters. The average molecular weight is 234 g/mol. The van der Waals surface area contributed by atoms with Crippen LogP contribution in [0.1, 0.15) is 12.8 Å². The van der Waals surface area contributed by atoms with Crippen LogP contribution in [0.15, 0.2) is 36.9 Å². The van der Waals surface area contributed by atoms with Gasteiger partial charge in [-0.1, -0.05) is 6.08 Å². The molecule has 17 heavy (non-hydrogen) atoms. The van der Waals surface area contributed by atoms with Gasteiger partial charge in [0.05, 0.1) is 0 Å². The minimum Gasteiger partial charge on any atom is -0.492 e. The number of allylic oxidation sites excluding steroid dienone is 1. The lowest BCUT2D eigenvalue weighted by Crippen LogP contribution is -2.11. The highest BCUT2D eigenvalue weighted by atomic mass is 16.5. The zero-order valence-corrected chi connectivity index (χ0v) is 9.82. The van der Waals surface area contributed by atoms with E-state index < -0.39 is 0 Å². The predicted molar refractivity (Wildman–Crippen MR) is 69.1 cm³/mol. The van der Waals surface area contributed by atoms with Gasteiger partial charge < -0.3 is 15.8 Å². The Morgan fingerprint density at radius 2 is 2.12 bits per heavy atom. The summed E-state index contributed by atoms with van der Waals surface area (Å²) in [6.45, 7) is 4.55. The van der Waals surface area contributed by atoms with Crippen LogP contribution in [0.2, 0.25) is 0 Å². The van der Waals surface area contributed by atoms with E-state index in [-0.39, 0.29) is 5.91 Å². The van der Waals surface area contributed by atoms with Crippen LogP contribution in [0.5, 0.6) is 5.75 Å². The third kappa shape index (κ3) is 5.17. The Labute approximate surface area is 101 Å². The minimum atomic E-state index is -0.0134. The van der Waals surface area contributed by atoms with Gasteiger partial charge in [0.2, 0.25) is 5.91 Å². The Hall–Kier alpha value is -1.81. The van der Waals surface area contributed by atoms with Crippen LogP contribution in [-0.2, 0) is 4.79 Å². The van der Waals surface area contributed by atoms with Gasteiger partial charge in [-0.15, -0.1) is 6.58 Å². The van der Waals surface area contributed by atoms with Crippen molar-refractivity contribution < 1.29 is 9.53 Å². The standard InChI is InChI=1S/C13H18N2O2/c1-2-3-4-13(16)15-11-5-7-12(8-6-11)17-10-9-14/h2,5-8H,1,3-4,9-10,14H2,(H,15,16). The van der Waals surface area contributed by atoms with Crippen molar-refractivity contribution in [1.29, 1.82) is 0 Å². The number of carbonyl (C=O) groups is 1. The largest absolute Gasteiger partial charge is 0.492 e. The fourth-order valence-electron chi connectivity index (χ4n) is 1.27. The first-order valence-corrected chi connectivity index (χ1v) is 5.60. The van der Waals surface area contributed by atoms with E-state index in [4.69, 9.17) is 10.5 Å². The van der Waals surface area contributed by atoms with Crippen molar-refractivity contribution in [3.63, 3.8) is 0 Å².